The molecule has 4 aliphatic carbocycles. The number of halogens is 2. The van der Waals surface area contributed by atoms with Crippen LogP contribution in [0.4, 0.5) is 8.78 Å². The molecule has 0 bridgehead atoms. The lowest BCUT2D eigenvalue weighted by Crippen LogP contribution is -2.39. The topological polar surface area (TPSA) is 92.4 Å². The number of hydrogen-bond acceptors (Lipinski definition) is 3. The number of hydrogen-bond donors (Lipinski definition) is 3. The zero-order chi connectivity index (χ0) is 41.5. The van der Waals surface area contributed by atoms with Gasteiger partial charge in [-0.3, -0.25) is 4.79 Å². The van der Waals surface area contributed by atoms with Crippen molar-refractivity contribution in [2.24, 2.45) is 28.4 Å². The van der Waals surface area contributed by atoms with E-state index < -0.39 is 5.97 Å². The molecule has 5 nitrogen and oxygen atoms in total. The summed E-state index contributed by atoms with van der Waals surface area (Å²) in [6.07, 6.45) is 22.0. The molecule has 8 rings (SSSR count). The van der Waals surface area contributed by atoms with Crippen LogP contribution < -0.4 is 11.1 Å². The van der Waals surface area contributed by atoms with Crippen molar-refractivity contribution in [2.75, 3.05) is 13.1 Å². The zero-order valence-corrected chi connectivity index (χ0v) is 34.2. The van der Waals surface area contributed by atoms with Crippen LogP contribution in [0.1, 0.15) is 146 Å². The fourth-order valence-electron chi connectivity index (χ4n) is 8.59. The standard InChI is InChI=1S/C26H28FNO.C15H9FO2.C11H21N/c27-24-7-3-2-6-22(24)13-10-20-11-14-23(15-12-20)25(29)28-19-26(18-21-8-9-21)16-4-1-5-17-26;16-14-4-2-1-3-12(14)8-5-11-6-9-13(10-7-11)15(17)18;12-9-11(8-10-4-5-10)6-2-1-3-7-11/h2-3,6-7,11-12,14-15,21H,1,4-5,8-9,16-19H2,(H,28,29);1-4,6-7,9-10H,(H,17,18);10H,1-9,12H2. The van der Waals surface area contributed by atoms with Crippen LogP contribution in [0.15, 0.2) is 97.1 Å². The van der Waals surface area contributed by atoms with Gasteiger partial charge in [-0.1, -0.05) is 112 Å². The van der Waals surface area contributed by atoms with Crippen LogP contribution in [-0.2, 0) is 0 Å². The molecule has 1 amide bonds. The molecule has 0 unspecified atom stereocenters. The number of nitrogens with one attached hydrogen (secondary N) is 1. The van der Waals surface area contributed by atoms with Gasteiger partial charge >= 0.3 is 5.97 Å². The Morgan fingerprint density at radius 1 is 0.593 bits per heavy atom. The van der Waals surface area contributed by atoms with Crippen LogP contribution in [-0.4, -0.2) is 30.1 Å². The number of carboxylic acid groups (broad SMARTS) is 1. The third-order valence-corrected chi connectivity index (χ3v) is 12.4. The molecule has 4 fully saturated rings. The zero-order valence-electron chi connectivity index (χ0n) is 34.2. The number of rotatable bonds is 9. The summed E-state index contributed by atoms with van der Waals surface area (Å²) in [6.45, 7) is 1.74. The highest BCUT2D eigenvalue weighted by Gasteiger charge is 2.38. The molecule has 4 aromatic rings. The maximum absolute atomic E-state index is 13.7. The number of aromatic carboxylic acids is 1. The van der Waals surface area contributed by atoms with Crippen molar-refractivity contribution in [2.45, 2.75) is 103 Å². The minimum absolute atomic E-state index is 0.0145. The molecule has 7 heteroatoms. The Morgan fingerprint density at radius 2 is 1.02 bits per heavy atom. The molecule has 0 heterocycles. The van der Waals surface area contributed by atoms with E-state index in [1.54, 1.807) is 60.7 Å². The van der Waals surface area contributed by atoms with Gasteiger partial charge in [0.05, 0.1) is 16.7 Å². The van der Waals surface area contributed by atoms with Crippen molar-refractivity contribution in [1.29, 1.82) is 0 Å². The average Bonchev–Trinajstić information content (AvgIpc) is 4.22. The van der Waals surface area contributed by atoms with Crippen molar-refractivity contribution < 1.29 is 23.5 Å². The van der Waals surface area contributed by atoms with E-state index in [0.717, 1.165) is 30.5 Å². The van der Waals surface area contributed by atoms with Crippen molar-refractivity contribution >= 4 is 11.9 Å². The molecule has 59 heavy (non-hydrogen) atoms. The molecule has 0 aliphatic heterocycles. The number of carbonyl (C=O) groups excluding carboxylic acids is 1. The van der Waals surface area contributed by atoms with Gasteiger partial charge in [0.25, 0.3) is 5.91 Å². The molecular weight excluding hydrogens is 739 g/mol. The van der Waals surface area contributed by atoms with Gasteiger partial charge in [-0.2, -0.15) is 0 Å². The molecule has 0 radical (unpaired) electrons. The minimum atomic E-state index is -0.983. The van der Waals surface area contributed by atoms with E-state index in [1.807, 2.05) is 12.1 Å². The quantitative estimate of drug-likeness (QED) is 0.147. The van der Waals surface area contributed by atoms with E-state index in [4.69, 9.17) is 10.8 Å². The first-order chi connectivity index (χ1) is 28.6. The number of nitrogens with two attached hydrogens (primary N) is 1. The lowest BCUT2D eigenvalue weighted by molar-refractivity contribution is 0.0696. The van der Waals surface area contributed by atoms with Gasteiger partial charge < -0.3 is 16.2 Å². The van der Waals surface area contributed by atoms with Crippen molar-refractivity contribution in [3.63, 3.8) is 0 Å². The summed E-state index contributed by atoms with van der Waals surface area (Å²) in [5.74, 6) is 11.6. The Bertz CT molecular complexity index is 2120. The molecule has 0 atom stereocenters. The molecule has 4 saturated carbocycles. The van der Waals surface area contributed by atoms with Gasteiger partial charge in [-0.05, 0) is 141 Å². The second kappa shape index (κ2) is 21.1. The van der Waals surface area contributed by atoms with Crippen molar-refractivity contribution in [3.8, 4) is 23.7 Å². The van der Waals surface area contributed by atoms with Gasteiger partial charge in [-0.15, -0.1) is 0 Å². The normalized spacial score (nSPS) is 17.5. The molecule has 308 valence electrons. The highest BCUT2D eigenvalue weighted by Crippen LogP contribution is 2.48. The van der Waals surface area contributed by atoms with Crippen LogP contribution in [0, 0.1) is 58.0 Å². The summed E-state index contributed by atoms with van der Waals surface area (Å²) in [5.41, 5.74) is 9.76. The maximum atomic E-state index is 13.7. The van der Waals surface area contributed by atoms with E-state index in [9.17, 15) is 18.4 Å². The summed E-state index contributed by atoms with van der Waals surface area (Å²) >= 11 is 0. The first kappa shape index (κ1) is 43.3. The summed E-state index contributed by atoms with van der Waals surface area (Å²) in [5, 5.41) is 11.9. The van der Waals surface area contributed by atoms with E-state index >= 15 is 0 Å². The third-order valence-electron chi connectivity index (χ3n) is 12.4. The predicted molar refractivity (Wildman–Crippen MR) is 232 cm³/mol. The Hall–Kier alpha value is -5.24. The monoisotopic (exact) mass is 796 g/mol. The Kier molecular flexibility index (Phi) is 15.5. The second-order valence-corrected chi connectivity index (χ2v) is 17.2. The molecule has 4 aliphatic rings. The summed E-state index contributed by atoms with van der Waals surface area (Å²) < 4.78 is 26.9. The third kappa shape index (κ3) is 13.7. The van der Waals surface area contributed by atoms with E-state index in [0.29, 0.717) is 33.1 Å². The highest BCUT2D eigenvalue weighted by molar-refractivity contribution is 5.94. The maximum Gasteiger partial charge on any atom is 0.335 e. The van der Waals surface area contributed by atoms with Gasteiger partial charge in [0, 0.05) is 23.2 Å². The summed E-state index contributed by atoms with van der Waals surface area (Å²) in [4.78, 5) is 23.3. The largest absolute Gasteiger partial charge is 0.478 e. The van der Waals surface area contributed by atoms with Gasteiger partial charge in [0.15, 0.2) is 0 Å². The van der Waals surface area contributed by atoms with Gasteiger partial charge in [-0.25, -0.2) is 13.6 Å². The van der Waals surface area contributed by atoms with E-state index in [2.05, 4.69) is 29.0 Å². The lowest BCUT2D eigenvalue weighted by atomic mass is 9.70. The fraction of sp³-hybridized carbons (Fsp3) is 0.423. The van der Waals surface area contributed by atoms with Crippen molar-refractivity contribution in [1.82, 2.24) is 5.32 Å². The smallest absolute Gasteiger partial charge is 0.335 e. The molecule has 0 saturated heterocycles. The molecule has 4 aromatic carbocycles. The molecule has 0 spiro atoms. The molecular formula is C52H58F2N2O3. The Labute approximate surface area is 349 Å². The number of carboxylic acids is 1. The van der Waals surface area contributed by atoms with Crippen LogP contribution in [0.2, 0.25) is 0 Å². The first-order valence-electron chi connectivity index (χ1n) is 21.6. The number of benzene rings is 4. The van der Waals surface area contributed by atoms with Gasteiger partial charge in [0.1, 0.15) is 11.6 Å². The van der Waals surface area contributed by atoms with Crippen LogP contribution in [0.25, 0.3) is 0 Å². The van der Waals surface area contributed by atoms with Crippen LogP contribution >= 0.6 is 0 Å². The fourth-order valence-corrected chi connectivity index (χ4v) is 8.59. The number of amides is 1. The van der Waals surface area contributed by atoms with Crippen LogP contribution in [0.3, 0.4) is 0 Å². The minimum Gasteiger partial charge on any atom is -0.478 e. The van der Waals surface area contributed by atoms with Crippen LogP contribution in [0.5, 0.6) is 0 Å². The summed E-state index contributed by atoms with van der Waals surface area (Å²) in [7, 11) is 0. The highest BCUT2D eigenvalue weighted by atomic mass is 19.1. The SMILES string of the molecule is NCC1(CC2CC2)CCCCC1.O=C(NCC1(CC2CC2)CCCCC1)c1ccc(C#Cc2ccccc2F)cc1.O=C(O)c1ccc(C#Cc2ccccc2F)cc1. The Morgan fingerprint density at radius 3 is 1.44 bits per heavy atom. The lowest BCUT2D eigenvalue weighted by Gasteiger charge is -2.38. The van der Waals surface area contributed by atoms with Gasteiger partial charge in [0.2, 0.25) is 0 Å². The average molecular weight is 797 g/mol. The van der Waals surface area contributed by atoms with Crippen molar-refractivity contribution in [3.05, 3.63) is 142 Å². The second-order valence-electron chi connectivity index (χ2n) is 17.2. The van der Waals surface area contributed by atoms with E-state index in [1.165, 1.54) is 127 Å². The first-order valence-corrected chi connectivity index (χ1v) is 21.6. The Balaban J connectivity index is 0.000000165. The molecule has 4 N–H and O–H groups in total. The number of carbonyl (C=O) groups is 2. The predicted octanol–water partition coefficient (Wildman–Crippen LogP) is 11.3. The molecule has 0 aromatic heterocycles. The summed E-state index contributed by atoms with van der Waals surface area (Å²) in [6, 6.07) is 26.1. The van der Waals surface area contributed by atoms with E-state index in [-0.39, 0.29) is 23.1 Å².